The minimum Gasteiger partial charge on any atom is -0.379 e. The van der Waals surface area contributed by atoms with E-state index in [1.165, 1.54) is 16.9 Å². The number of thiophene rings is 1. The Kier molecular flexibility index (Phi) is 5.15. The van der Waals surface area contributed by atoms with Gasteiger partial charge in [0.2, 0.25) is 0 Å². The van der Waals surface area contributed by atoms with Crippen molar-refractivity contribution in [1.29, 1.82) is 0 Å². The van der Waals surface area contributed by atoms with Gasteiger partial charge in [0.05, 0.1) is 24.1 Å². The Morgan fingerprint density at radius 2 is 2.00 bits per heavy atom. The van der Waals surface area contributed by atoms with Crippen molar-refractivity contribution < 1.29 is 9.53 Å². The smallest absolute Gasteiger partial charge is 0.261 e. The van der Waals surface area contributed by atoms with Crippen LogP contribution in [0.2, 0.25) is 0 Å². The number of nitrogens with one attached hydrogen (secondary N) is 1. The van der Waals surface area contributed by atoms with Crippen molar-refractivity contribution in [2.24, 2.45) is 0 Å². The number of hydrogen-bond acceptors (Lipinski definition) is 4. The van der Waals surface area contributed by atoms with Crippen LogP contribution in [0.5, 0.6) is 0 Å². The molecular formula is C20H24N2O2S. The van der Waals surface area contributed by atoms with Crippen LogP contribution < -0.4 is 5.32 Å². The third-order valence-corrected chi connectivity index (χ3v) is 6.26. The van der Waals surface area contributed by atoms with Gasteiger partial charge in [0.25, 0.3) is 5.91 Å². The summed E-state index contributed by atoms with van der Waals surface area (Å²) in [5.41, 5.74) is 2.53. The number of carbonyl (C=O) groups excluding carboxylic acids is 1. The molecule has 1 aliphatic heterocycles. The molecule has 1 aliphatic carbocycles. The summed E-state index contributed by atoms with van der Waals surface area (Å²) in [6.07, 6.45) is 3.48. The number of amides is 1. The number of ether oxygens (including phenoxy) is 1. The summed E-state index contributed by atoms with van der Waals surface area (Å²) in [6, 6.07) is 12.4. The molecule has 1 amide bonds. The van der Waals surface area contributed by atoms with E-state index in [0.29, 0.717) is 0 Å². The van der Waals surface area contributed by atoms with Crippen LogP contribution >= 0.6 is 11.3 Å². The van der Waals surface area contributed by atoms with Crippen molar-refractivity contribution in [3.05, 3.63) is 57.3 Å². The molecule has 2 aromatic rings. The number of rotatable bonds is 5. The molecule has 1 saturated heterocycles. The summed E-state index contributed by atoms with van der Waals surface area (Å²) in [7, 11) is 0. The molecule has 1 fully saturated rings. The fourth-order valence-corrected chi connectivity index (χ4v) is 4.79. The summed E-state index contributed by atoms with van der Waals surface area (Å²) >= 11 is 1.67. The summed E-state index contributed by atoms with van der Waals surface area (Å²) in [5.74, 6) is 0.0570. The van der Waals surface area contributed by atoms with Gasteiger partial charge >= 0.3 is 0 Å². The van der Waals surface area contributed by atoms with Gasteiger partial charge in [-0.05, 0) is 36.5 Å². The lowest BCUT2D eigenvalue weighted by Crippen LogP contribution is -2.43. The molecular weight excluding hydrogens is 332 g/mol. The predicted molar refractivity (Wildman–Crippen MR) is 100 cm³/mol. The van der Waals surface area contributed by atoms with E-state index in [2.05, 4.69) is 28.4 Å². The lowest BCUT2D eigenvalue weighted by Gasteiger charge is -2.31. The number of benzene rings is 1. The molecule has 4 rings (SSSR count). The van der Waals surface area contributed by atoms with Crippen molar-refractivity contribution in [2.75, 3.05) is 32.8 Å². The van der Waals surface area contributed by atoms with Gasteiger partial charge in [-0.1, -0.05) is 30.3 Å². The molecule has 0 saturated carbocycles. The second-order valence-corrected chi connectivity index (χ2v) is 7.90. The van der Waals surface area contributed by atoms with Crippen LogP contribution in [0, 0.1) is 0 Å². The Balaban J connectivity index is 1.49. The minimum atomic E-state index is 0.00346. The fraction of sp³-hybridized carbons (Fsp3) is 0.450. The van der Waals surface area contributed by atoms with Crippen molar-refractivity contribution in [3.63, 3.8) is 0 Å². The molecule has 1 aromatic carbocycles. The highest BCUT2D eigenvalue weighted by molar-refractivity contribution is 7.14. The molecule has 0 unspecified atom stereocenters. The zero-order chi connectivity index (χ0) is 17.1. The van der Waals surface area contributed by atoms with E-state index in [-0.39, 0.29) is 11.9 Å². The first-order chi connectivity index (χ1) is 12.3. The molecule has 0 bridgehead atoms. The average Bonchev–Trinajstić information content (AvgIpc) is 3.25. The molecule has 0 spiro atoms. The van der Waals surface area contributed by atoms with E-state index in [9.17, 15) is 4.79 Å². The predicted octanol–water partition coefficient (Wildman–Crippen LogP) is 3.04. The van der Waals surface area contributed by atoms with Gasteiger partial charge in [-0.25, -0.2) is 0 Å². The second-order valence-electron chi connectivity index (χ2n) is 6.76. The number of aryl methyl sites for hydroxylation is 2. The third kappa shape index (κ3) is 3.94. The van der Waals surface area contributed by atoms with Crippen molar-refractivity contribution in [1.82, 2.24) is 10.2 Å². The van der Waals surface area contributed by atoms with Crippen molar-refractivity contribution in [3.8, 4) is 0 Å². The van der Waals surface area contributed by atoms with E-state index >= 15 is 0 Å². The molecule has 132 valence electrons. The Labute approximate surface area is 152 Å². The van der Waals surface area contributed by atoms with Gasteiger partial charge in [0.1, 0.15) is 0 Å². The standard InChI is InChI=1S/C20H24N2O2S/c23-20(19-13-16-7-4-8-18(16)25-19)21-17(15-5-2-1-3-6-15)14-22-9-11-24-12-10-22/h1-3,5-6,13,17H,4,7-12,14H2,(H,21,23)/t17-/m0/s1. The quantitative estimate of drug-likeness (QED) is 0.895. The number of carbonyl (C=O) groups is 1. The summed E-state index contributed by atoms with van der Waals surface area (Å²) in [5, 5.41) is 3.27. The monoisotopic (exact) mass is 356 g/mol. The highest BCUT2D eigenvalue weighted by Gasteiger charge is 2.23. The second kappa shape index (κ2) is 7.68. The van der Waals surface area contributed by atoms with E-state index < -0.39 is 0 Å². The summed E-state index contributed by atoms with van der Waals surface area (Å²) in [4.78, 5) is 17.5. The highest BCUT2D eigenvalue weighted by atomic mass is 32.1. The maximum atomic E-state index is 12.8. The zero-order valence-corrected chi connectivity index (χ0v) is 15.2. The Bertz CT molecular complexity index is 701. The van der Waals surface area contributed by atoms with Crippen LogP contribution in [0.4, 0.5) is 0 Å². The molecule has 1 aromatic heterocycles. The molecule has 5 heteroatoms. The number of fused-ring (bicyclic) bond motifs is 1. The SMILES string of the molecule is O=C(N[C@@H](CN1CCOCC1)c1ccccc1)c1cc2c(s1)CCC2. The van der Waals surface area contributed by atoms with Gasteiger partial charge < -0.3 is 10.1 Å². The summed E-state index contributed by atoms with van der Waals surface area (Å²) < 4.78 is 5.44. The average molecular weight is 356 g/mol. The zero-order valence-electron chi connectivity index (χ0n) is 14.4. The molecule has 1 N–H and O–H groups in total. The van der Waals surface area contributed by atoms with Crippen molar-refractivity contribution >= 4 is 17.2 Å². The van der Waals surface area contributed by atoms with Crippen LogP contribution in [-0.4, -0.2) is 43.7 Å². The first-order valence-corrected chi connectivity index (χ1v) is 9.89. The van der Waals surface area contributed by atoms with Crippen molar-refractivity contribution in [2.45, 2.75) is 25.3 Å². The van der Waals surface area contributed by atoms with Gasteiger partial charge in [-0.3, -0.25) is 9.69 Å². The molecule has 4 nitrogen and oxygen atoms in total. The Morgan fingerprint density at radius 1 is 1.20 bits per heavy atom. The number of nitrogens with zero attached hydrogens (tertiary/aromatic N) is 1. The topological polar surface area (TPSA) is 41.6 Å². The van der Waals surface area contributed by atoms with Crippen LogP contribution in [0.15, 0.2) is 36.4 Å². The Hall–Kier alpha value is -1.69. The highest BCUT2D eigenvalue weighted by Crippen LogP contribution is 2.31. The van der Waals surface area contributed by atoms with E-state index in [1.54, 1.807) is 11.3 Å². The van der Waals surface area contributed by atoms with E-state index in [0.717, 1.165) is 56.1 Å². The van der Waals surface area contributed by atoms with Crippen LogP contribution in [-0.2, 0) is 17.6 Å². The normalized spacial score (nSPS) is 18.7. The maximum absolute atomic E-state index is 12.8. The molecule has 0 radical (unpaired) electrons. The largest absolute Gasteiger partial charge is 0.379 e. The van der Waals surface area contributed by atoms with Crippen LogP contribution in [0.25, 0.3) is 0 Å². The van der Waals surface area contributed by atoms with Gasteiger partial charge in [0, 0.05) is 24.5 Å². The van der Waals surface area contributed by atoms with Crippen LogP contribution in [0.3, 0.4) is 0 Å². The lowest BCUT2D eigenvalue weighted by atomic mass is 10.1. The minimum absolute atomic E-state index is 0.00346. The number of morpholine rings is 1. The first-order valence-electron chi connectivity index (χ1n) is 9.07. The van der Waals surface area contributed by atoms with Gasteiger partial charge in [-0.2, -0.15) is 0 Å². The maximum Gasteiger partial charge on any atom is 0.261 e. The van der Waals surface area contributed by atoms with Crippen LogP contribution in [0.1, 0.15) is 38.1 Å². The first kappa shape index (κ1) is 16.8. The molecule has 2 aliphatic rings. The molecule has 2 heterocycles. The van der Waals surface area contributed by atoms with E-state index in [4.69, 9.17) is 4.74 Å². The van der Waals surface area contributed by atoms with Gasteiger partial charge in [-0.15, -0.1) is 11.3 Å². The molecule has 1 atom stereocenters. The number of hydrogen-bond donors (Lipinski definition) is 1. The van der Waals surface area contributed by atoms with E-state index in [1.807, 2.05) is 18.2 Å². The Morgan fingerprint density at radius 3 is 2.76 bits per heavy atom. The molecule has 25 heavy (non-hydrogen) atoms. The van der Waals surface area contributed by atoms with Gasteiger partial charge in [0.15, 0.2) is 0 Å². The summed E-state index contributed by atoms with van der Waals surface area (Å²) in [6.45, 7) is 4.21. The lowest BCUT2D eigenvalue weighted by molar-refractivity contribution is 0.0332. The fourth-order valence-electron chi connectivity index (χ4n) is 3.63. The third-order valence-electron chi connectivity index (χ3n) is 5.02.